The number of nitrogens with zero attached hydrogens (tertiary/aromatic N) is 4. The van der Waals surface area contributed by atoms with Gasteiger partial charge >= 0.3 is 0 Å². The van der Waals surface area contributed by atoms with Gasteiger partial charge in [0, 0.05) is 47.6 Å². The molecule has 0 aromatic heterocycles. The molecule has 0 aliphatic heterocycles. The summed E-state index contributed by atoms with van der Waals surface area (Å²) in [4.78, 5) is 29.5. The number of amides is 1. The topological polar surface area (TPSA) is 183 Å². The Morgan fingerprint density at radius 2 is 0.805 bits per heavy atom. The monoisotopic (exact) mass is 545 g/mol. The van der Waals surface area contributed by atoms with Crippen molar-refractivity contribution in [1.29, 1.82) is 0 Å². The van der Waals surface area contributed by atoms with E-state index in [1.54, 1.807) is 62.6 Å². The minimum absolute atomic E-state index is 0.242. The number of carbonyl (C=O) groups excluding carboxylic acids is 1. The molecule has 0 heterocycles. The maximum Gasteiger partial charge on any atom is 0.255 e. The molecule has 10 nitrogen and oxygen atoms in total. The summed E-state index contributed by atoms with van der Waals surface area (Å²) in [6.45, 7) is 0. The summed E-state index contributed by atoms with van der Waals surface area (Å²) >= 11 is 0. The lowest BCUT2D eigenvalue weighted by molar-refractivity contribution is 0.102. The zero-order valence-corrected chi connectivity index (χ0v) is 22.7. The quantitative estimate of drug-likeness (QED) is 0.167. The molecule has 4 aromatic rings. The second kappa shape index (κ2) is 12.9. The number of nitrogens with two attached hydrogens (primary N) is 4. The number of nitrogens with one attached hydrogen (secondary N) is 1. The molecule has 4 aromatic carbocycles. The van der Waals surface area contributed by atoms with Crippen molar-refractivity contribution in [3.63, 3.8) is 0 Å². The molecule has 0 aliphatic carbocycles. The van der Waals surface area contributed by atoms with Crippen molar-refractivity contribution >= 4 is 46.3 Å². The van der Waals surface area contributed by atoms with Gasteiger partial charge in [-0.1, -0.05) is 12.1 Å². The van der Waals surface area contributed by atoms with E-state index in [4.69, 9.17) is 22.9 Å². The Morgan fingerprint density at radius 3 is 1.20 bits per heavy atom. The number of hydrogen-bond donors (Lipinski definition) is 5. The van der Waals surface area contributed by atoms with Crippen molar-refractivity contribution in [2.45, 2.75) is 0 Å². The van der Waals surface area contributed by atoms with Crippen LogP contribution in [-0.2, 0) is 0 Å². The van der Waals surface area contributed by atoms with Crippen molar-refractivity contribution in [3.8, 4) is 0 Å². The van der Waals surface area contributed by atoms with Crippen LogP contribution in [0.4, 0.5) is 17.1 Å². The smallest absolute Gasteiger partial charge is 0.255 e. The Balaban J connectivity index is 1.39. The highest BCUT2D eigenvalue weighted by atomic mass is 16.1. The van der Waals surface area contributed by atoms with Gasteiger partial charge in [-0.3, -0.25) is 14.8 Å². The van der Waals surface area contributed by atoms with Gasteiger partial charge in [-0.15, -0.1) is 0 Å². The van der Waals surface area contributed by atoms with E-state index in [-0.39, 0.29) is 5.91 Å². The number of amidine groups is 4. The average Bonchev–Trinajstić information content (AvgIpc) is 3.01. The summed E-state index contributed by atoms with van der Waals surface area (Å²) in [7, 11) is 3.26. The van der Waals surface area contributed by atoms with Gasteiger partial charge in [-0.05, 0) is 84.9 Å². The van der Waals surface area contributed by atoms with Crippen LogP contribution in [0.5, 0.6) is 0 Å². The Kier molecular flexibility index (Phi) is 8.85. The van der Waals surface area contributed by atoms with Crippen molar-refractivity contribution in [1.82, 2.24) is 0 Å². The first-order chi connectivity index (χ1) is 19.8. The minimum atomic E-state index is -0.242. The largest absolute Gasteiger partial charge is 0.384 e. The molecule has 0 radical (unpaired) electrons. The van der Waals surface area contributed by atoms with Gasteiger partial charge in [0.2, 0.25) is 0 Å². The third-order valence-corrected chi connectivity index (χ3v) is 6.19. The van der Waals surface area contributed by atoms with Crippen LogP contribution in [0, 0.1) is 0 Å². The molecule has 9 N–H and O–H groups in total. The average molecular weight is 546 g/mol. The van der Waals surface area contributed by atoms with E-state index in [2.05, 4.69) is 25.3 Å². The summed E-state index contributed by atoms with van der Waals surface area (Å²) in [5.41, 5.74) is 29.6. The van der Waals surface area contributed by atoms with E-state index in [0.29, 0.717) is 51.5 Å². The third-order valence-electron chi connectivity index (χ3n) is 6.19. The number of aliphatic imine (C=N–C) groups is 4. The fourth-order valence-corrected chi connectivity index (χ4v) is 3.80. The maximum absolute atomic E-state index is 12.6. The van der Waals surface area contributed by atoms with Gasteiger partial charge in [0.1, 0.15) is 23.3 Å². The number of benzene rings is 4. The molecule has 0 spiro atoms. The number of hydrogen-bond acceptors (Lipinski definition) is 5. The van der Waals surface area contributed by atoms with Crippen LogP contribution in [0.15, 0.2) is 117 Å². The first kappa shape index (κ1) is 28.2. The van der Waals surface area contributed by atoms with E-state index < -0.39 is 0 Å². The molecule has 0 aliphatic rings. The van der Waals surface area contributed by atoms with Crippen LogP contribution in [0.3, 0.4) is 0 Å². The van der Waals surface area contributed by atoms with Gasteiger partial charge in [0.05, 0.1) is 11.4 Å². The van der Waals surface area contributed by atoms with Crippen LogP contribution >= 0.6 is 0 Å². The Labute approximate surface area is 238 Å². The third kappa shape index (κ3) is 7.21. The van der Waals surface area contributed by atoms with E-state index in [1.807, 2.05) is 48.5 Å². The molecule has 0 bridgehead atoms. The second-order valence-electron chi connectivity index (χ2n) is 8.91. The lowest BCUT2D eigenvalue weighted by Crippen LogP contribution is -2.15. The summed E-state index contributed by atoms with van der Waals surface area (Å²) in [6, 6.07) is 28.6. The van der Waals surface area contributed by atoms with Crippen molar-refractivity contribution < 1.29 is 4.79 Å². The molecule has 4 rings (SSSR count). The van der Waals surface area contributed by atoms with Gasteiger partial charge in [-0.25, -0.2) is 9.98 Å². The molecule has 206 valence electrons. The van der Waals surface area contributed by atoms with Crippen LogP contribution in [-0.4, -0.2) is 43.3 Å². The Morgan fingerprint density at radius 1 is 0.488 bits per heavy atom. The van der Waals surface area contributed by atoms with E-state index in [9.17, 15) is 4.79 Å². The van der Waals surface area contributed by atoms with E-state index in [0.717, 1.165) is 16.7 Å². The first-order valence-electron chi connectivity index (χ1n) is 12.6. The predicted octanol–water partition coefficient (Wildman–Crippen LogP) is 3.68. The highest BCUT2D eigenvalue weighted by Crippen LogP contribution is 2.18. The molecule has 41 heavy (non-hydrogen) atoms. The molecule has 0 saturated heterocycles. The zero-order valence-electron chi connectivity index (χ0n) is 22.7. The van der Waals surface area contributed by atoms with Gasteiger partial charge in [0.25, 0.3) is 5.91 Å². The molecule has 0 atom stereocenters. The Hall–Kier alpha value is -5.77. The molecular formula is C31H31N9O. The number of rotatable bonds is 8. The van der Waals surface area contributed by atoms with Gasteiger partial charge in [-0.2, -0.15) is 0 Å². The summed E-state index contributed by atoms with van der Waals surface area (Å²) in [5.74, 6) is 1.32. The fourth-order valence-electron chi connectivity index (χ4n) is 3.80. The maximum atomic E-state index is 12.6. The SMILES string of the molecule is CN=C(N)c1ccc(N=C(N)c2ccc(N=C(N)c3ccc(NC(=O)c4ccc(C(N)=NC)cc4)cc3)cc2)cc1. The minimum Gasteiger partial charge on any atom is -0.384 e. The molecular weight excluding hydrogens is 514 g/mol. The van der Waals surface area contributed by atoms with Crippen LogP contribution in [0.25, 0.3) is 0 Å². The van der Waals surface area contributed by atoms with Crippen LogP contribution in [0.1, 0.15) is 32.6 Å². The molecule has 0 fully saturated rings. The van der Waals surface area contributed by atoms with E-state index >= 15 is 0 Å². The van der Waals surface area contributed by atoms with Gasteiger partial charge < -0.3 is 28.3 Å². The standard InChI is InChI=1S/C31H31N9O/c1-36-27(32)19-3-5-23(6-4-19)31(41)40-26-17-11-22(12-18-26)30(35)39-25-15-9-21(10-16-25)29(34)38-24-13-7-20(8-14-24)28(33)37-2/h3-18H,1-2H3,(H2,32,36)(H2,33,37)(H2,34,38)(H2,35,39)(H,40,41). The number of carbonyl (C=O) groups is 1. The second-order valence-corrected chi connectivity index (χ2v) is 8.91. The highest BCUT2D eigenvalue weighted by Gasteiger charge is 2.08. The normalized spacial score (nSPS) is 12.7. The molecule has 0 saturated carbocycles. The molecule has 1 amide bonds. The lowest BCUT2D eigenvalue weighted by atomic mass is 10.1. The van der Waals surface area contributed by atoms with Crippen LogP contribution in [0.2, 0.25) is 0 Å². The summed E-state index contributed by atoms with van der Waals surface area (Å²) in [6.07, 6.45) is 0. The predicted molar refractivity (Wildman–Crippen MR) is 168 cm³/mol. The van der Waals surface area contributed by atoms with Gasteiger partial charge in [0.15, 0.2) is 0 Å². The molecule has 0 unspecified atom stereocenters. The number of anilines is 1. The molecule has 10 heteroatoms. The summed E-state index contributed by atoms with van der Waals surface area (Å²) < 4.78 is 0. The Bertz CT molecular complexity index is 1630. The van der Waals surface area contributed by atoms with Crippen molar-refractivity contribution in [2.24, 2.45) is 42.9 Å². The lowest BCUT2D eigenvalue weighted by Gasteiger charge is -2.08. The first-order valence-corrected chi connectivity index (χ1v) is 12.6. The van der Waals surface area contributed by atoms with Crippen molar-refractivity contribution in [2.75, 3.05) is 19.4 Å². The summed E-state index contributed by atoms with van der Waals surface area (Å²) in [5, 5.41) is 2.87. The van der Waals surface area contributed by atoms with E-state index in [1.165, 1.54) is 0 Å². The highest BCUT2D eigenvalue weighted by molar-refractivity contribution is 6.06. The zero-order chi connectivity index (χ0) is 29.4. The van der Waals surface area contributed by atoms with Crippen LogP contribution < -0.4 is 28.3 Å². The van der Waals surface area contributed by atoms with Crippen molar-refractivity contribution in [3.05, 3.63) is 125 Å². The fraction of sp³-hybridized carbons (Fsp3) is 0.0645.